The van der Waals surface area contributed by atoms with Gasteiger partial charge in [-0.05, 0) is 49.6 Å². The van der Waals surface area contributed by atoms with E-state index in [-0.39, 0.29) is 30.8 Å². The number of ether oxygens (including phenoxy) is 1. The van der Waals surface area contributed by atoms with Gasteiger partial charge >= 0.3 is 6.09 Å². The molecule has 1 aliphatic rings. The molecule has 2 N–H and O–H groups in total. The fourth-order valence-corrected chi connectivity index (χ4v) is 4.25. The van der Waals surface area contributed by atoms with Crippen molar-refractivity contribution in [3.63, 3.8) is 0 Å². The summed E-state index contributed by atoms with van der Waals surface area (Å²) in [6.45, 7) is 5.99. The van der Waals surface area contributed by atoms with Crippen LogP contribution in [0.15, 0.2) is 78.9 Å². The van der Waals surface area contributed by atoms with Gasteiger partial charge < -0.3 is 15.4 Å². The molecule has 0 radical (unpaired) electrons. The minimum Gasteiger partial charge on any atom is -0.438 e. The maximum Gasteiger partial charge on any atom is 0.411 e. The number of nitrogens with zero attached hydrogens (tertiary/aromatic N) is 1. The van der Waals surface area contributed by atoms with Gasteiger partial charge in [-0.25, -0.2) is 4.79 Å². The average molecular weight is 486 g/mol. The van der Waals surface area contributed by atoms with Crippen molar-refractivity contribution in [2.24, 2.45) is 0 Å². The molecular formula is C29H31N3O4. The van der Waals surface area contributed by atoms with E-state index < -0.39 is 18.2 Å². The largest absolute Gasteiger partial charge is 0.438 e. The zero-order valence-electron chi connectivity index (χ0n) is 20.7. The van der Waals surface area contributed by atoms with E-state index >= 15 is 0 Å². The first-order valence-electron chi connectivity index (χ1n) is 12.1. The van der Waals surface area contributed by atoms with E-state index in [1.807, 2.05) is 75.4 Å². The highest BCUT2D eigenvalue weighted by Gasteiger charge is 2.47. The molecule has 0 aliphatic carbocycles. The first kappa shape index (κ1) is 25.0. The van der Waals surface area contributed by atoms with Crippen LogP contribution >= 0.6 is 0 Å². The van der Waals surface area contributed by atoms with Gasteiger partial charge in [-0.1, -0.05) is 72.3 Å². The van der Waals surface area contributed by atoms with Crippen molar-refractivity contribution < 1.29 is 19.1 Å². The Labute approximate surface area is 211 Å². The number of cyclic esters (lactones) is 1. The Morgan fingerprint density at radius 2 is 1.67 bits per heavy atom. The van der Waals surface area contributed by atoms with Crippen molar-refractivity contribution in [3.05, 3.63) is 101 Å². The fourth-order valence-electron chi connectivity index (χ4n) is 4.25. The lowest BCUT2D eigenvalue weighted by atomic mass is 9.99. The Kier molecular flexibility index (Phi) is 7.68. The number of benzene rings is 3. The van der Waals surface area contributed by atoms with Crippen LogP contribution < -0.4 is 10.6 Å². The molecule has 1 aliphatic heterocycles. The molecule has 7 nitrogen and oxygen atoms in total. The zero-order chi connectivity index (χ0) is 25.7. The molecule has 3 amide bonds. The van der Waals surface area contributed by atoms with Gasteiger partial charge in [0.05, 0.1) is 13.0 Å². The zero-order valence-corrected chi connectivity index (χ0v) is 20.7. The molecular weight excluding hydrogens is 454 g/mol. The van der Waals surface area contributed by atoms with E-state index in [1.165, 1.54) is 4.90 Å². The summed E-state index contributed by atoms with van der Waals surface area (Å²) in [5.74, 6) is -0.441. The minimum absolute atomic E-state index is 0.0984. The monoisotopic (exact) mass is 485 g/mol. The van der Waals surface area contributed by atoms with Gasteiger partial charge in [-0.15, -0.1) is 0 Å². The molecule has 7 heteroatoms. The summed E-state index contributed by atoms with van der Waals surface area (Å²) in [5, 5.41) is 5.83. The Bertz CT molecular complexity index is 1220. The highest BCUT2D eigenvalue weighted by molar-refractivity contribution is 5.92. The van der Waals surface area contributed by atoms with Gasteiger partial charge in [0.25, 0.3) is 0 Å². The molecule has 2 atom stereocenters. The first-order valence-corrected chi connectivity index (χ1v) is 12.1. The number of carbonyl (C=O) groups is 3. The first-order chi connectivity index (χ1) is 17.3. The summed E-state index contributed by atoms with van der Waals surface area (Å²) in [6.07, 6.45) is -1.12. The van der Waals surface area contributed by atoms with Crippen molar-refractivity contribution >= 4 is 23.6 Å². The summed E-state index contributed by atoms with van der Waals surface area (Å²) in [4.78, 5) is 40.2. The number of anilines is 1. The summed E-state index contributed by atoms with van der Waals surface area (Å²) < 4.78 is 5.74. The number of aryl methyl sites for hydroxylation is 1. The maximum absolute atomic E-state index is 13.3. The molecule has 4 rings (SSSR count). The van der Waals surface area contributed by atoms with E-state index in [4.69, 9.17) is 4.74 Å². The quantitative estimate of drug-likeness (QED) is 0.481. The van der Waals surface area contributed by atoms with Crippen LogP contribution in [0.2, 0.25) is 0 Å². The highest BCUT2D eigenvalue weighted by Crippen LogP contribution is 2.35. The molecule has 0 saturated carbocycles. The van der Waals surface area contributed by atoms with Crippen LogP contribution in [0.4, 0.5) is 10.5 Å². The molecule has 3 aromatic carbocycles. The van der Waals surface area contributed by atoms with Gasteiger partial charge in [0, 0.05) is 11.7 Å². The number of hydrogen-bond acceptors (Lipinski definition) is 4. The molecule has 186 valence electrons. The third-order valence-corrected chi connectivity index (χ3v) is 5.96. The van der Waals surface area contributed by atoms with E-state index in [0.29, 0.717) is 11.3 Å². The lowest BCUT2D eigenvalue weighted by Gasteiger charge is -2.25. The fraction of sp³-hybridized carbons (Fsp3) is 0.276. The molecule has 1 heterocycles. The molecule has 1 fully saturated rings. The average Bonchev–Trinajstić information content (AvgIpc) is 3.17. The van der Waals surface area contributed by atoms with Crippen molar-refractivity contribution in [3.8, 4) is 0 Å². The number of nitrogens with one attached hydrogen (secondary N) is 2. The molecule has 2 unspecified atom stereocenters. The number of rotatable bonds is 8. The van der Waals surface area contributed by atoms with Crippen molar-refractivity contribution in [1.82, 2.24) is 10.2 Å². The summed E-state index contributed by atoms with van der Waals surface area (Å²) in [6, 6.07) is 23.5. The molecule has 3 aromatic rings. The molecule has 0 spiro atoms. The van der Waals surface area contributed by atoms with Gasteiger partial charge in [0.15, 0.2) is 12.1 Å². The lowest BCUT2D eigenvalue weighted by molar-refractivity contribution is -0.126. The Balaban J connectivity index is 1.56. The predicted octanol–water partition coefficient (Wildman–Crippen LogP) is 4.76. The third-order valence-electron chi connectivity index (χ3n) is 5.96. The summed E-state index contributed by atoms with van der Waals surface area (Å²) in [5.41, 5.74) is 4.14. The topological polar surface area (TPSA) is 87.7 Å². The number of hydrogen-bond donors (Lipinski definition) is 2. The summed E-state index contributed by atoms with van der Waals surface area (Å²) >= 11 is 0. The van der Waals surface area contributed by atoms with Gasteiger partial charge in [0.1, 0.15) is 0 Å². The van der Waals surface area contributed by atoms with E-state index in [9.17, 15) is 14.4 Å². The SMILES string of the molecule is Cc1ccc(CN2C(=O)OC(c3cccc(NC(=O)Cc4ccccc4)c3)C2C(=O)NC(C)C)cc1. The van der Waals surface area contributed by atoms with E-state index in [2.05, 4.69) is 10.6 Å². The van der Waals surface area contributed by atoms with Gasteiger partial charge in [0.2, 0.25) is 11.8 Å². The smallest absolute Gasteiger partial charge is 0.411 e. The number of amides is 3. The summed E-state index contributed by atoms with van der Waals surface area (Å²) in [7, 11) is 0. The van der Waals surface area contributed by atoms with E-state index in [1.54, 1.807) is 24.3 Å². The number of carbonyl (C=O) groups excluding carboxylic acids is 3. The van der Waals surface area contributed by atoms with Crippen LogP contribution in [-0.4, -0.2) is 34.9 Å². The van der Waals surface area contributed by atoms with Gasteiger partial charge in [-0.2, -0.15) is 0 Å². The van der Waals surface area contributed by atoms with Crippen molar-refractivity contribution in [2.45, 2.75) is 51.9 Å². The van der Waals surface area contributed by atoms with Gasteiger partial charge in [-0.3, -0.25) is 14.5 Å². The van der Waals surface area contributed by atoms with Crippen molar-refractivity contribution in [2.75, 3.05) is 5.32 Å². The molecule has 36 heavy (non-hydrogen) atoms. The van der Waals surface area contributed by atoms with E-state index in [0.717, 1.165) is 16.7 Å². The van der Waals surface area contributed by atoms with Crippen LogP contribution in [-0.2, 0) is 27.3 Å². The Morgan fingerprint density at radius 1 is 0.944 bits per heavy atom. The standard InChI is InChI=1S/C29H31N3O4/c1-19(2)30-28(34)26-27(36-29(35)32(26)18-22-14-12-20(3)13-15-22)23-10-7-11-24(17-23)31-25(33)16-21-8-5-4-6-9-21/h4-15,17,19,26-27H,16,18H2,1-3H3,(H,30,34)(H,31,33). The second-order valence-electron chi connectivity index (χ2n) is 9.36. The molecule has 0 aromatic heterocycles. The minimum atomic E-state index is -0.850. The van der Waals surface area contributed by atoms with Crippen LogP contribution in [0, 0.1) is 6.92 Å². The predicted molar refractivity (Wildman–Crippen MR) is 138 cm³/mol. The van der Waals surface area contributed by atoms with Crippen LogP contribution in [0.1, 0.15) is 42.2 Å². The third kappa shape index (κ3) is 6.10. The van der Waals surface area contributed by atoms with Crippen molar-refractivity contribution in [1.29, 1.82) is 0 Å². The van der Waals surface area contributed by atoms with Crippen LogP contribution in [0.3, 0.4) is 0 Å². The highest BCUT2D eigenvalue weighted by atomic mass is 16.6. The lowest BCUT2D eigenvalue weighted by Crippen LogP contribution is -2.48. The Hall–Kier alpha value is -4.13. The molecule has 1 saturated heterocycles. The maximum atomic E-state index is 13.3. The second-order valence-corrected chi connectivity index (χ2v) is 9.36. The second kappa shape index (κ2) is 11.1. The normalized spacial score (nSPS) is 17.1. The molecule has 0 bridgehead atoms. The van der Waals surface area contributed by atoms with Crippen LogP contribution in [0.25, 0.3) is 0 Å². The Morgan fingerprint density at radius 3 is 2.36 bits per heavy atom. The van der Waals surface area contributed by atoms with Crippen LogP contribution in [0.5, 0.6) is 0 Å².